The zero-order valence-electron chi connectivity index (χ0n) is 10.8. The molecule has 1 aromatic carbocycles. The largest absolute Gasteiger partial charge is 0.232 e. The first kappa shape index (κ1) is 14.8. The monoisotopic (exact) mass is 358 g/mol. The maximum Gasteiger partial charge on any atom is 0.135 e. The van der Waals surface area contributed by atoms with Gasteiger partial charge < -0.3 is 0 Å². The minimum Gasteiger partial charge on any atom is -0.232 e. The Hall–Kier alpha value is -0.640. The van der Waals surface area contributed by atoms with Crippen LogP contribution < -0.4 is 0 Å². The van der Waals surface area contributed by atoms with Crippen molar-refractivity contribution in [1.29, 1.82) is 0 Å². The molecule has 2 rings (SSSR count). The fraction of sp³-hybridized carbons (Fsp3) is 0.286. The van der Waals surface area contributed by atoms with Gasteiger partial charge in [0.15, 0.2) is 0 Å². The van der Waals surface area contributed by atoms with Gasteiger partial charge in [0, 0.05) is 11.0 Å². The van der Waals surface area contributed by atoms with Crippen LogP contribution in [0, 0.1) is 0 Å². The molecule has 100 valence electrons. The second-order valence-electron chi connectivity index (χ2n) is 5.28. The number of aromatic nitrogens is 2. The van der Waals surface area contributed by atoms with Crippen LogP contribution >= 0.6 is 39.1 Å². The Morgan fingerprint density at radius 1 is 1.00 bits per heavy atom. The van der Waals surface area contributed by atoms with E-state index in [2.05, 4.69) is 46.7 Å². The van der Waals surface area contributed by atoms with Crippen molar-refractivity contribution in [1.82, 2.24) is 9.97 Å². The second kappa shape index (κ2) is 5.39. The highest BCUT2D eigenvalue weighted by Crippen LogP contribution is 2.30. The molecule has 2 aromatic rings. The summed E-state index contributed by atoms with van der Waals surface area (Å²) in [4.78, 5) is 9.02. The van der Waals surface area contributed by atoms with E-state index in [-0.39, 0.29) is 5.41 Å². The normalized spacial score (nSPS) is 11.7. The van der Waals surface area contributed by atoms with Crippen LogP contribution in [-0.2, 0) is 5.41 Å². The minimum absolute atomic E-state index is 0.116. The highest BCUT2D eigenvalue weighted by Gasteiger charge is 2.19. The van der Waals surface area contributed by atoms with Crippen molar-refractivity contribution in [3.8, 4) is 11.3 Å². The number of halogens is 3. The molecule has 1 heterocycles. The first-order valence-electron chi connectivity index (χ1n) is 5.78. The average Bonchev–Trinajstić information content (AvgIpc) is 2.31. The van der Waals surface area contributed by atoms with Gasteiger partial charge in [0.25, 0.3) is 0 Å². The van der Waals surface area contributed by atoms with Gasteiger partial charge in [0.2, 0.25) is 0 Å². The van der Waals surface area contributed by atoms with Gasteiger partial charge in [-0.2, -0.15) is 0 Å². The summed E-state index contributed by atoms with van der Waals surface area (Å²) in [6, 6.07) is 7.35. The lowest BCUT2D eigenvalue weighted by atomic mass is 9.95. The fourth-order valence-electron chi connectivity index (χ4n) is 1.56. The van der Waals surface area contributed by atoms with Crippen molar-refractivity contribution in [3.63, 3.8) is 0 Å². The van der Waals surface area contributed by atoms with Gasteiger partial charge in [-0.25, -0.2) is 9.97 Å². The van der Waals surface area contributed by atoms with E-state index in [1.54, 1.807) is 6.07 Å². The van der Waals surface area contributed by atoms with Crippen LogP contribution in [-0.4, -0.2) is 9.97 Å². The van der Waals surface area contributed by atoms with Crippen molar-refractivity contribution in [2.45, 2.75) is 26.2 Å². The lowest BCUT2D eigenvalue weighted by Crippen LogP contribution is -2.16. The van der Waals surface area contributed by atoms with Gasteiger partial charge in [-0.15, -0.1) is 0 Å². The lowest BCUT2D eigenvalue weighted by molar-refractivity contribution is 0.544. The van der Waals surface area contributed by atoms with E-state index in [9.17, 15) is 0 Å². The molecule has 0 fully saturated rings. The first-order chi connectivity index (χ1) is 8.77. The van der Waals surface area contributed by atoms with E-state index in [1.165, 1.54) is 0 Å². The molecule has 0 radical (unpaired) electrons. The summed E-state index contributed by atoms with van der Waals surface area (Å²) in [5.41, 5.74) is 1.63. The van der Waals surface area contributed by atoms with Gasteiger partial charge in [-0.1, -0.05) is 50.0 Å². The number of hydrogen-bond acceptors (Lipinski definition) is 2. The number of nitrogens with zero attached hydrogens (tertiary/aromatic N) is 2. The van der Waals surface area contributed by atoms with Crippen molar-refractivity contribution in [2.24, 2.45) is 0 Å². The minimum atomic E-state index is -0.116. The third-order valence-electron chi connectivity index (χ3n) is 2.58. The third-order valence-corrected chi connectivity index (χ3v) is 3.73. The van der Waals surface area contributed by atoms with Crippen LogP contribution in [0.1, 0.15) is 26.6 Å². The fourth-order valence-corrected chi connectivity index (χ4v) is 2.24. The molecule has 0 N–H and O–H groups in total. The molecule has 0 saturated heterocycles. The van der Waals surface area contributed by atoms with Crippen molar-refractivity contribution in [3.05, 3.63) is 44.7 Å². The van der Waals surface area contributed by atoms with Crippen molar-refractivity contribution >= 4 is 39.1 Å². The molecule has 5 heteroatoms. The second-order valence-corrected chi connectivity index (χ2v) is 6.91. The molecule has 0 saturated carbocycles. The van der Waals surface area contributed by atoms with Crippen LogP contribution in [0.5, 0.6) is 0 Å². The van der Waals surface area contributed by atoms with Crippen molar-refractivity contribution in [2.75, 3.05) is 0 Å². The molecule has 0 amide bonds. The molecule has 0 bridgehead atoms. The van der Waals surface area contributed by atoms with Gasteiger partial charge in [-0.3, -0.25) is 0 Å². The molecule has 0 aliphatic rings. The van der Waals surface area contributed by atoms with Crippen molar-refractivity contribution < 1.29 is 0 Å². The predicted octanol–water partition coefficient (Wildman–Crippen LogP) is 5.51. The number of benzene rings is 1. The molecule has 0 spiro atoms. The zero-order valence-corrected chi connectivity index (χ0v) is 13.9. The summed E-state index contributed by atoms with van der Waals surface area (Å²) in [6.07, 6.45) is 0. The topological polar surface area (TPSA) is 25.8 Å². The average molecular weight is 360 g/mol. The van der Waals surface area contributed by atoms with E-state index in [0.29, 0.717) is 10.0 Å². The molecular formula is C14H13BrCl2N2. The number of hydrogen-bond donors (Lipinski definition) is 0. The van der Waals surface area contributed by atoms with Gasteiger partial charge in [-0.05, 0) is 34.1 Å². The first-order valence-corrected chi connectivity index (χ1v) is 7.33. The van der Waals surface area contributed by atoms with E-state index in [0.717, 1.165) is 21.7 Å². The van der Waals surface area contributed by atoms with Gasteiger partial charge in [0.05, 0.1) is 15.7 Å². The Balaban J connectivity index is 2.56. The Morgan fingerprint density at radius 3 is 2.26 bits per heavy atom. The SMILES string of the molecule is CC(C)(C)c1nc(Br)cc(-c2ccc(Cl)c(Cl)c2)n1. The summed E-state index contributed by atoms with van der Waals surface area (Å²) in [7, 11) is 0. The molecule has 0 unspecified atom stereocenters. The Bertz CT molecular complexity index is 621. The van der Waals surface area contributed by atoms with Crippen LogP contribution in [0.15, 0.2) is 28.9 Å². The Kier molecular flexibility index (Phi) is 4.19. The lowest BCUT2D eigenvalue weighted by Gasteiger charge is -2.17. The van der Waals surface area contributed by atoms with E-state index < -0.39 is 0 Å². The summed E-state index contributed by atoms with van der Waals surface area (Å²) in [5.74, 6) is 0.781. The molecule has 19 heavy (non-hydrogen) atoms. The van der Waals surface area contributed by atoms with Gasteiger partial charge >= 0.3 is 0 Å². The quantitative estimate of drug-likeness (QED) is 0.627. The van der Waals surface area contributed by atoms with E-state index >= 15 is 0 Å². The standard InChI is InChI=1S/C14H13BrCl2N2/c1-14(2,3)13-18-11(7-12(15)19-13)8-4-5-9(16)10(17)6-8/h4-7H,1-3H3. The summed E-state index contributed by atoms with van der Waals surface area (Å²) in [6.45, 7) is 6.23. The summed E-state index contributed by atoms with van der Waals surface area (Å²) >= 11 is 15.4. The van der Waals surface area contributed by atoms with E-state index in [1.807, 2.05) is 18.2 Å². The molecule has 0 aliphatic carbocycles. The zero-order chi connectivity index (χ0) is 14.2. The molecule has 0 aliphatic heterocycles. The maximum absolute atomic E-state index is 6.05. The third kappa shape index (κ3) is 3.47. The van der Waals surface area contributed by atoms with Crippen LogP contribution in [0.2, 0.25) is 10.0 Å². The van der Waals surface area contributed by atoms with Crippen LogP contribution in [0.3, 0.4) is 0 Å². The highest BCUT2D eigenvalue weighted by atomic mass is 79.9. The molecule has 1 aromatic heterocycles. The smallest absolute Gasteiger partial charge is 0.135 e. The maximum atomic E-state index is 6.05. The predicted molar refractivity (Wildman–Crippen MR) is 83.9 cm³/mol. The van der Waals surface area contributed by atoms with E-state index in [4.69, 9.17) is 23.2 Å². The van der Waals surface area contributed by atoms with Crippen LogP contribution in [0.4, 0.5) is 0 Å². The summed E-state index contributed by atoms with van der Waals surface area (Å²) in [5, 5.41) is 1.06. The highest BCUT2D eigenvalue weighted by molar-refractivity contribution is 9.10. The van der Waals surface area contributed by atoms with Gasteiger partial charge in [0.1, 0.15) is 10.4 Å². The Labute approximate surface area is 131 Å². The summed E-state index contributed by atoms with van der Waals surface area (Å²) < 4.78 is 0.758. The molecule has 2 nitrogen and oxygen atoms in total. The van der Waals surface area contributed by atoms with Crippen LogP contribution in [0.25, 0.3) is 11.3 Å². The molecule has 0 atom stereocenters. The molecular weight excluding hydrogens is 347 g/mol. The number of rotatable bonds is 1. The Morgan fingerprint density at radius 2 is 1.68 bits per heavy atom.